The van der Waals surface area contributed by atoms with Crippen molar-refractivity contribution in [1.29, 1.82) is 0 Å². The van der Waals surface area contributed by atoms with Gasteiger partial charge in [0.05, 0.1) is 4.88 Å². The third-order valence-corrected chi connectivity index (χ3v) is 3.71. The summed E-state index contributed by atoms with van der Waals surface area (Å²) in [6.07, 6.45) is 4.33. The van der Waals surface area contributed by atoms with Gasteiger partial charge in [0.15, 0.2) is 0 Å². The van der Waals surface area contributed by atoms with Crippen LogP contribution in [-0.4, -0.2) is 12.0 Å². The summed E-state index contributed by atoms with van der Waals surface area (Å²) in [7, 11) is 1.95. The summed E-state index contributed by atoms with van der Waals surface area (Å²) < 4.78 is 0. The van der Waals surface area contributed by atoms with Gasteiger partial charge in [-0.1, -0.05) is 37.6 Å². The molecule has 17 heavy (non-hydrogen) atoms. The Morgan fingerprint density at radius 1 is 1.24 bits per heavy atom. The zero-order valence-electron chi connectivity index (χ0n) is 10.4. The van der Waals surface area contributed by atoms with Gasteiger partial charge in [-0.05, 0) is 24.6 Å². The number of benzene rings is 1. The third-order valence-electron chi connectivity index (χ3n) is 2.66. The van der Waals surface area contributed by atoms with Gasteiger partial charge in [0.25, 0.3) is 0 Å². The molecule has 3 heteroatoms. The second kappa shape index (κ2) is 5.94. The van der Waals surface area contributed by atoms with E-state index in [-0.39, 0.29) is 0 Å². The number of thiazole rings is 1. The van der Waals surface area contributed by atoms with Crippen LogP contribution in [0.2, 0.25) is 0 Å². The molecule has 2 rings (SSSR count). The first kappa shape index (κ1) is 12.3. The molecule has 0 saturated heterocycles. The van der Waals surface area contributed by atoms with E-state index >= 15 is 0 Å². The number of aryl methyl sites for hydroxylation is 1. The molecule has 0 amide bonds. The van der Waals surface area contributed by atoms with Gasteiger partial charge >= 0.3 is 0 Å². The quantitative estimate of drug-likeness (QED) is 0.873. The van der Waals surface area contributed by atoms with Crippen LogP contribution in [-0.2, 0) is 13.0 Å². The van der Waals surface area contributed by atoms with Crippen molar-refractivity contribution < 1.29 is 0 Å². The molecule has 1 aromatic carbocycles. The van der Waals surface area contributed by atoms with Crippen LogP contribution in [0.25, 0.3) is 10.4 Å². The predicted molar refractivity (Wildman–Crippen MR) is 74.3 cm³/mol. The number of hydrogen-bond donors (Lipinski definition) is 1. The largest absolute Gasteiger partial charge is 0.314 e. The molecule has 1 heterocycles. The molecule has 0 unspecified atom stereocenters. The molecule has 0 bridgehead atoms. The maximum Gasteiger partial charge on any atom is 0.107 e. The second-order valence-corrected chi connectivity index (χ2v) is 5.21. The van der Waals surface area contributed by atoms with E-state index in [2.05, 4.69) is 41.5 Å². The standard InChI is InChI=1S/C14H18N2S/c1-3-4-11-5-7-12(8-6-11)13-9-16-14(17-13)10-15-2/h5-9,15H,3-4,10H2,1-2H3. The molecular weight excluding hydrogens is 228 g/mol. The van der Waals surface area contributed by atoms with Crippen LogP contribution in [0.15, 0.2) is 30.5 Å². The normalized spacial score (nSPS) is 10.7. The van der Waals surface area contributed by atoms with Crippen molar-refractivity contribution in [2.45, 2.75) is 26.3 Å². The lowest BCUT2D eigenvalue weighted by Gasteiger charge is -2.00. The van der Waals surface area contributed by atoms with Gasteiger partial charge < -0.3 is 5.32 Å². The van der Waals surface area contributed by atoms with Crippen molar-refractivity contribution in [1.82, 2.24) is 10.3 Å². The Labute approximate surface area is 107 Å². The third kappa shape index (κ3) is 3.14. The highest BCUT2D eigenvalue weighted by atomic mass is 32.1. The van der Waals surface area contributed by atoms with Crippen LogP contribution in [0.4, 0.5) is 0 Å². The molecule has 0 aliphatic heterocycles. The van der Waals surface area contributed by atoms with E-state index in [4.69, 9.17) is 0 Å². The van der Waals surface area contributed by atoms with Crippen LogP contribution >= 0.6 is 11.3 Å². The van der Waals surface area contributed by atoms with Crippen LogP contribution in [0, 0.1) is 0 Å². The summed E-state index contributed by atoms with van der Waals surface area (Å²) in [6, 6.07) is 8.83. The van der Waals surface area contributed by atoms with Gasteiger partial charge in [-0.25, -0.2) is 4.98 Å². The Morgan fingerprint density at radius 2 is 2.00 bits per heavy atom. The van der Waals surface area contributed by atoms with E-state index in [9.17, 15) is 0 Å². The molecule has 1 N–H and O–H groups in total. The molecule has 2 nitrogen and oxygen atoms in total. The summed E-state index contributed by atoms with van der Waals surface area (Å²) in [5.74, 6) is 0. The lowest BCUT2D eigenvalue weighted by Crippen LogP contribution is -2.03. The summed E-state index contributed by atoms with van der Waals surface area (Å²) >= 11 is 1.76. The number of aromatic nitrogens is 1. The second-order valence-electron chi connectivity index (χ2n) is 4.10. The lowest BCUT2D eigenvalue weighted by atomic mass is 10.1. The van der Waals surface area contributed by atoms with Crippen molar-refractivity contribution in [2.75, 3.05) is 7.05 Å². The molecule has 0 spiro atoms. The van der Waals surface area contributed by atoms with Crippen molar-refractivity contribution in [3.8, 4) is 10.4 Å². The van der Waals surface area contributed by atoms with Crippen LogP contribution in [0.3, 0.4) is 0 Å². The molecule has 0 radical (unpaired) electrons. The zero-order chi connectivity index (χ0) is 12.1. The highest BCUT2D eigenvalue weighted by molar-refractivity contribution is 7.15. The fourth-order valence-corrected chi connectivity index (χ4v) is 2.74. The molecule has 1 aromatic heterocycles. The Hall–Kier alpha value is -1.19. The summed E-state index contributed by atoms with van der Waals surface area (Å²) in [5.41, 5.74) is 2.68. The topological polar surface area (TPSA) is 24.9 Å². The smallest absolute Gasteiger partial charge is 0.107 e. The van der Waals surface area contributed by atoms with Crippen LogP contribution in [0.5, 0.6) is 0 Å². The first-order valence-corrected chi connectivity index (χ1v) is 6.83. The molecule has 0 aliphatic rings. The first-order chi connectivity index (χ1) is 8.33. The molecule has 0 fully saturated rings. The Kier molecular flexibility index (Phi) is 4.29. The Bertz CT molecular complexity index is 459. The van der Waals surface area contributed by atoms with Gasteiger partial charge in [-0.2, -0.15) is 0 Å². The Balaban J connectivity index is 2.15. The predicted octanol–water partition coefficient (Wildman–Crippen LogP) is 3.48. The van der Waals surface area contributed by atoms with E-state index in [0.29, 0.717) is 0 Å². The first-order valence-electron chi connectivity index (χ1n) is 6.02. The minimum atomic E-state index is 0.846. The van der Waals surface area contributed by atoms with E-state index in [1.54, 1.807) is 11.3 Å². The highest BCUT2D eigenvalue weighted by Gasteiger charge is 2.03. The molecule has 0 atom stereocenters. The number of rotatable bonds is 5. The van der Waals surface area contributed by atoms with Gasteiger partial charge in [0.1, 0.15) is 5.01 Å². The summed E-state index contributed by atoms with van der Waals surface area (Å²) in [5, 5.41) is 4.26. The zero-order valence-corrected chi connectivity index (χ0v) is 11.2. The molecule has 0 aliphatic carbocycles. The average molecular weight is 246 g/mol. The minimum absolute atomic E-state index is 0.846. The number of hydrogen-bond acceptors (Lipinski definition) is 3. The summed E-state index contributed by atoms with van der Waals surface area (Å²) in [6.45, 7) is 3.06. The maximum atomic E-state index is 4.40. The monoisotopic (exact) mass is 246 g/mol. The van der Waals surface area contributed by atoms with Crippen LogP contribution < -0.4 is 5.32 Å². The van der Waals surface area contributed by atoms with E-state index in [1.807, 2.05) is 13.2 Å². The van der Waals surface area contributed by atoms with E-state index in [0.717, 1.165) is 18.0 Å². The minimum Gasteiger partial charge on any atom is -0.314 e. The van der Waals surface area contributed by atoms with Gasteiger partial charge in [0, 0.05) is 12.7 Å². The van der Waals surface area contributed by atoms with Gasteiger partial charge in [0.2, 0.25) is 0 Å². The molecule has 90 valence electrons. The van der Waals surface area contributed by atoms with Crippen molar-refractivity contribution in [3.63, 3.8) is 0 Å². The number of nitrogens with zero attached hydrogens (tertiary/aromatic N) is 1. The fourth-order valence-electron chi connectivity index (χ4n) is 1.80. The van der Waals surface area contributed by atoms with Gasteiger partial charge in [-0.3, -0.25) is 0 Å². The SMILES string of the molecule is CCCc1ccc(-c2cnc(CNC)s2)cc1. The van der Waals surface area contributed by atoms with E-state index < -0.39 is 0 Å². The average Bonchev–Trinajstić information content (AvgIpc) is 2.80. The van der Waals surface area contributed by atoms with Crippen molar-refractivity contribution >= 4 is 11.3 Å². The van der Waals surface area contributed by atoms with Crippen molar-refractivity contribution in [2.24, 2.45) is 0 Å². The Morgan fingerprint density at radius 3 is 2.65 bits per heavy atom. The molecule has 0 saturated carbocycles. The van der Waals surface area contributed by atoms with Gasteiger partial charge in [-0.15, -0.1) is 11.3 Å². The summed E-state index contributed by atoms with van der Waals surface area (Å²) in [4.78, 5) is 5.65. The fraction of sp³-hybridized carbons (Fsp3) is 0.357. The highest BCUT2D eigenvalue weighted by Crippen LogP contribution is 2.26. The maximum absolute atomic E-state index is 4.40. The molecule has 2 aromatic rings. The number of nitrogens with one attached hydrogen (secondary N) is 1. The van der Waals surface area contributed by atoms with E-state index in [1.165, 1.54) is 22.4 Å². The van der Waals surface area contributed by atoms with Crippen molar-refractivity contribution in [3.05, 3.63) is 41.0 Å². The van der Waals surface area contributed by atoms with Crippen LogP contribution in [0.1, 0.15) is 23.9 Å². The molecular formula is C14H18N2S. The lowest BCUT2D eigenvalue weighted by molar-refractivity contribution is 0.810.